The molecule has 78 valence electrons. The fraction of sp³-hybridized carbons (Fsp3) is 0.667. The molecule has 0 radical (unpaired) electrons. The first-order valence-electron chi connectivity index (χ1n) is 3.46. The van der Waals surface area contributed by atoms with E-state index < -0.39 is 15.6 Å². The molecule has 0 aliphatic carbocycles. The summed E-state index contributed by atoms with van der Waals surface area (Å²) in [5, 5.41) is 0. The van der Waals surface area contributed by atoms with Crippen LogP contribution in [0, 0.1) is 0 Å². The van der Waals surface area contributed by atoms with Gasteiger partial charge >= 0.3 is 15.6 Å². The maximum atomic E-state index is 11.6. The van der Waals surface area contributed by atoms with E-state index in [9.17, 15) is 21.6 Å². The summed E-state index contributed by atoms with van der Waals surface area (Å²) in [4.78, 5) is 0. The first-order valence-corrected chi connectivity index (χ1v) is 4.86. The van der Waals surface area contributed by atoms with E-state index in [1.165, 1.54) is 6.08 Å². The monoisotopic (exact) mass is 218 g/mol. The molecular formula is C6H9F3O3S. The van der Waals surface area contributed by atoms with Crippen LogP contribution in [0.15, 0.2) is 12.3 Å². The summed E-state index contributed by atoms with van der Waals surface area (Å²) in [5.74, 6) is 0. The molecule has 7 heteroatoms. The Labute approximate surface area is 74.3 Å². The molecule has 0 N–H and O–H groups in total. The third-order valence-corrected chi connectivity index (χ3v) is 1.95. The lowest BCUT2D eigenvalue weighted by Gasteiger charge is -2.05. The van der Waals surface area contributed by atoms with Gasteiger partial charge in [0.2, 0.25) is 0 Å². The largest absolute Gasteiger partial charge is 0.534 e. The zero-order valence-electron chi connectivity index (χ0n) is 6.84. The van der Waals surface area contributed by atoms with Crippen LogP contribution in [0.2, 0.25) is 0 Å². The number of rotatable bonds is 4. The maximum Gasteiger partial charge on any atom is 0.534 e. The van der Waals surface area contributed by atoms with Gasteiger partial charge in [-0.2, -0.15) is 21.6 Å². The van der Waals surface area contributed by atoms with Crippen LogP contribution in [0.3, 0.4) is 0 Å². The van der Waals surface area contributed by atoms with Gasteiger partial charge in [-0.3, -0.25) is 0 Å². The number of allylic oxidation sites excluding steroid dienone is 1. The van der Waals surface area contributed by atoms with Crippen LogP contribution in [0.25, 0.3) is 0 Å². The minimum Gasteiger partial charge on any atom is -0.384 e. The van der Waals surface area contributed by atoms with E-state index in [-0.39, 0.29) is 0 Å². The van der Waals surface area contributed by atoms with Gasteiger partial charge in [-0.25, -0.2) is 0 Å². The molecule has 0 atom stereocenters. The van der Waals surface area contributed by atoms with Crippen molar-refractivity contribution in [3.8, 4) is 0 Å². The average Bonchev–Trinajstić information content (AvgIpc) is 1.96. The SMILES string of the molecule is CCC/C=C/OS(=O)(=O)C(F)(F)F. The zero-order chi connectivity index (χ0) is 10.5. The standard InChI is InChI=1S/C6H9F3O3S/c1-2-3-4-5-12-13(10,11)6(7,8)9/h4-5H,2-3H2,1H3/b5-4+. The number of alkyl halides is 3. The van der Waals surface area contributed by atoms with Gasteiger partial charge in [0.25, 0.3) is 0 Å². The third kappa shape index (κ3) is 4.16. The molecule has 0 rings (SSSR count). The molecule has 0 aromatic carbocycles. The minimum absolute atomic E-state index is 0.466. The van der Waals surface area contributed by atoms with Crippen molar-refractivity contribution >= 4 is 10.1 Å². The second-order valence-electron chi connectivity index (χ2n) is 2.16. The Morgan fingerprint density at radius 2 is 1.92 bits per heavy atom. The molecule has 0 spiro atoms. The van der Waals surface area contributed by atoms with E-state index in [1.54, 1.807) is 6.92 Å². The van der Waals surface area contributed by atoms with Crippen molar-refractivity contribution in [1.29, 1.82) is 0 Å². The van der Waals surface area contributed by atoms with Crippen LogP contribution in [-0.2, 0) is 14.3 Å². The van der Waals surface area contributed by atoms with Gasteiger partial charge in [0.05, 0.1) is 0 Å². The van der Waals surface area contributed by atoms with E-state index in [2.05, 4.69) is 4.18 Å². The predicted octanol–water partition coefficient (Wildman–Crippen LogP) is 2.17. The Balaban J connectivity index is 4.22. The highest BCUT2D eigenvalue weighted by atomic mass is 32.2. The Morgan fingerprint density at radius 1 is 1.38 bits per heavy atom. The Kier molecular flexibility index (Phi) is 4.25. The number of hydrogen-bond donors (Lipinski definition) is 0. The van der Waals surface area contributed by atoms with Crippen molar-refractivity contribution < 1.29 is 25.8 Å². The molecule has 3 nitrogen and oxygen atoms in total. The predicted molar refractivity (Wildman–Crippen MR) is 40.1 cm³/mol. The summed E-state index contributed by atoms with van der Waals surface area (Å²) in [6.07, 6.45) is 2.91. The van der Waals surface area contributed by atoms with E-state index in [0.717, 1.165) is 0 Å². The van der Waals surface area contributed by atoms with E-state index in [1.807, 2.05) is 0 Å². The van der Waals surface area contributed by atoms with Gasteiger partial charge in [0, 0.05) is 0 Å². The van der Waals surface area contributed by atoms with E-state index in [0.29, 0.717) is 19.1 Å². The molecule has 13 heavy (non-hydrogen) atoms. The van der Waals surface area contributed by atoms with Crippen LogP contribution in [0.4, 0.5) is 13.2 Å². The lowest BCUT2D eigenvalue weighted by Crippen LogP contribution is -2.23. The van der Waals surface area contributed by atoms with Crippen molar-refractivity contribution in [3.63, 3.8) is 0 Å². The van der Waals surface area contributed by atoms with Crippen LogP contribution in [-0.4, -0.2) is 13.9 Å². The molecule has 0 heterocycles. The van der Waals surface area contributed by atoms with Gasteiger partial charge < -0.3 is 4.18 Å². The van der Waals surface area contributed by atoms with Gasteiger partial charge in [0.15, 0.2) is 0 Å². The zero-order valence-corrected chi connectivity index (χ0v) is 7.65. The number of hydrogen-bond acceptors (Lipinski definition) is 3. The average molecular weight is 218 g/mol. The summed E-state index contributed by atoms with van der Waals surface area (Å²) in [5.41, 5.74) is -5.36. The van der Waals surface area contributed by atoms with E-state index >= 15 is 0 Å². The second kappa shape index (κ2) is 4.50. The lowest BCUT2D eigenvalue weighted by molar-refractivity contribution is -0.0515. The van der Waals surface area contributed by atoms with Crippen molar-refractivity contribution in [1.82, 2.24) is 0 Å². The molecule has 0 aromatic rings. The Hall–Kier alpha value is -0.720. The summed E-state index contributed by atoms with van der Waals surface area (Å²) in [6.45, 7) is 1.79. The molecule has 0 saturated carbocycles. The minimum atomic E-state index is -5.47. The normalized spacial score (nSPS) is 13.5. The van der Waals surface area contributed by atoms with Crippen molar-refractivity contribution in [2.75, 3.05) is 0 Å². The number of halogens is 3. The fourth-order valence-corrected chi connectivity index (χ4v) is 0.736. The molecule has 0 fully saturated rings. The fourth-order valence-electron chi connectivity index (χ4n) is 0.402. The van der Waals surface area contributed by atoms with Crippen LogP contribution >= 0.6 is 0 Å². The molecule has 0 aliphatic heterocycles. The van der Waals surface area contributed by atoms with Crippen LogP contribution < -0.4 is 0 Å². The summed E-state index contributed by atoms with van der Waals surface area (Å²) in [6, 6.07) is 0. The van der Waals surface area contributed by atoms with E-state index in [4.69, 9.17) is 0 Å². The molecular weight excluding hydrogens is 209 g/mol. The van der Waals surface area contributed by atoms with Gasteiger partial charge in [-0.15, -0.1) is 0 Å². The molecule has 0 saturated heterocycles. The van der Waals surface area contributed by atoms with Crippen molar-refractivity contribution in [2.24, 2.45) is 0 Å². The maximum absolute atomic E-state index is 11.6. The summed E-state index contributed by atoms with van der Waals surface area (Å²) in [7, 11) is -5.47. The molecule has 0 unspecified atom stereocenters. The molecule has 0 aliphatic rings. The summed E-state index contributed by atoms with van der Waals surface area (Å²) >= 11 is 0. The summed E-state index contributed by atoms with van der Waals surface area (Å²) < 4.78 is 58.8. The van der Waals surface area contributed by atoms with Crippen LogP contribution in [0.5, 0.6) is 0 Å². The topological polar surface area (TPSA) is 43.4 Å². The highest BCUT2D eigenvalue weighted by Crippen LogP contribution is 2.24. The highest BCUT2D eigenvalue weighted by Gasteiger charge is 2.47. The van der Waals surface area contributed by atoms with Crippen LogP contribution in [0.1, 0.15) is 19.8 Å². The Bertz CT molecular complexity index is 265. The Morgan fingerprint density at radius 3 is 2.31 bits per heavy atom. The quantitative estimate of drug-likeness (QED) is 0.412. The third-order valence-electron chi connectivity index (χ3n) is 1.02. The second-order valence-corrected chi connectivity index (χ2v) is 3.72. The molecule has 0 bridgehead atoms. The van der Waals surface area contributed by atoms with Gasteiger partial charge in [0.1, 0.15) is 6.26 Å². The van der Waals surface area contributed by atoms with Crippen molar-refractivity contribution in [2.45, 2.75) is 25.3 Å². The van der Waals surface area contributed by atoms with Crippen molar-refractivity contribution in [3.05, 3.63) is 12.3 Å². The van der Waals surface area contributed by atoms with Gasteiger partial charge in [-0.1, -0.05) is 13.3 Å². The lowest BCUT2D eigenvalue weighted by atomic mass is 10.3. The highest BCUT2D eigenvalue weighted by molar-refractivity contribution is 7.87. The van der Waals surface area contributed by atoms with Gasteiger partial charge in [-0.05, 0) is 12.5 Å². The first-order chi connectivity index (χ1) is 5.81. The smallest absolute Gasteiger partial charge is 0.384 e. The molecule has 0 aromatic heterocycles. The first kappa shape index (κ1) is 12.3. The molecule has 0 amide bonds. The number of unbranched alkanes of at least 4 members (excludes halogenated alkanes) is 1.